The SMILES string of the molecule is CSn1c(C(F)(F)F)cc(Cc2ccccc2)[n+]1C. The zero-order chi connectivity index (χ0) is 14.0. The van der Waals surface area contributed by atoms with E-state index in [9.17, 15) is 13.2 Å². The third kappa shape index (κ3) is 2.94. The fraction of sp³-hybridized carbons (Fsp3) is 0.308. The van der Waals surface area contributed by atoms with Gasteiger partial charge in [-0.05, 0) is 5.56 Å². The molecule has 1 aromatic carbocycles. The van der Waals surface area contributed by atoms with Crippen molar-refractivity contribution >= 4 is 11.9 Å². The molecule has 6 heteroatoms. The van der Waals surface area contributed by atoms with Crippen LogP contribution < -0.4 is 4.68 Å². The van der Waals surface area contributed by atoms with E-state index in [-0.39, 0.29) is 0 Å². The number of benzene rings is 1. The topological polar surface area (TPSA) is 8.81 Å². The van der Waals surface area contributed by atoms with Crippen molar-refractivity contribution in [2.24, 2.45) is 7.05 Å². The van der Waals surface area contributed by atoms with Crippen LogP contribution in [-0.2, 0) is 19.6 Å². The Hall–Kier alpha value is -1.43. The molecule has 0 bridgehead atoms. The molecule has 1 aromatic heterocycles. The van der Waals surface area contributed by atoms with Crippen LogP contribution in [0.4, 0.5) is 13.2 Å². The second kappa shape index (κ2) is 5.28. The fourth-order valence-corrected chi connectivity index (χ4v) is 2.67. The molecule has 0 N–H and O–H groups in total. The first-order valence-corrected chi connectivity index (χ1v) is 6.88. The van der Waals surface area contributed by atoms with Crippen molar-refractivity contribution in [3.63, 3.8) is 0 Å². The van der Waals surface area contributed by atoms with Gasteiger partial charge in [0, 0.05) is 24.3 Å². The lowest BCUT2D eigenvalue weighted by Crippen LogP contribution is -2.41. The minimum absolute atomic E-state index is 0.480. The summed E-state index contributed by atoms with van der Waals surface area (Å²) in [6, 6.07) is 10.7. The summed E-state index contributed by atoms with van der Waals surface area (Å²) in [7, 11) is 1.64. The highest BCUT2D eigenvalue weighted by Gasteiger charge is 2.40. The molecule has 0 aliphatic rings. The van der Waals surface area contributed by atoms with E-state index in [0.29, 0.717) is 12.1 Å². The Morgan fingerprint density at radius 1 is 1.21 bits per heavy atom. The number of nitrogens with zero attached hydrogens (tertiary/aromatic N) is 2. The van der Waals surface area contributed by atoms with Gasteiger partial charge < -0.3 is 0 Å². The van der Waals surface area contributed by atoms with E-state index in [2.05, 4.69) is 0 Å². The molecular weight excluding hydrogens is 273 g/mol. The van der Waals surface area contributed by atoms with E-state index >= 15 is 0 Å². The summed E-state index contributed by atoms with van der Waals surface area (Å²) in [5.41, 5.74) is 0.992. The molecule has 0 spiro atoms. The molecular formula is C13H14F3N2S+. The minimum atomic E-state index is -4.34. The van der Waals surface area contributed by atoms with Crippen molar-refractivity contribution in [2.45, 2.75) is 12.6 Å². The maximum Gasteiger partial charge on any atom is 0.438 e. The smallest absolute Gasteiger partial charge is 0.164 e. The van der Waals surface area contributed by atoms with E-state index in [1.54, 1.807) is 18.0 Å². The summed E-state index contributed by atoms with van der Waals surface area (Å²) in [6.45, 7) is 0. The van der Waals surface area contributed by atoms with Crippen LogP contribution in [0.5, 0.6) is 0 Å². The molecule has 0 unspecified atom stereocenters. The normalized spacial score (nSPS) is 11.8. The molecule has 2 nitrogen and oxygen atoms in total. The summed E-state index contributed by atoms with van der Waals surface area (Å²) >= 11 is 1.04. The Morgan fingerprint density at radius 3 is 2.32 bits per heavy atom. The number of rotatable bonds is 3. The van der Waals surface area contributed by atoms with Crippen molar-refractivity contribution in [1.82, 2.24) is 4.09 Å². The van der Waals surface area contributed by atoms with E-state index < -0.39 is 11.9 Å². The Kier molecular flexibility index (Phi) is 3.89. The minimum Gasteiger partial charge on any atom is -0.164 e. The number of hydrogen-bond donors (Lipinski definition) is 0. The first kappa shape index (κ1) is 14.0. The van der Waals surface area contributed by atoms with Gasteiger partial charge in [0.05, 0.1) is 6.42 Å². The lowest BCUT2D eigenvalue weighted by atomic mass is 10.1. The maximum absolute atomic E-state index is 12.9. The van der Waals surface area contributed by atoms with E-state index in [4.69, 9.17) is 0 Å². The van der Waals surface area contributed by atoms with Gasteiger partial charge in [0.15, 0.2) is 12.7 Å². The molecule has 102 valence electrons. The Morgan fingerprint density at radius 2 is 1.84 bits per heavy atom. The predicted octanol–water partition coefficient (Wildman–Crippen LogP) is 3.05. The second-order valence-corrected chi connectivity index (χ2v) is 4.87. The summed E-state index contributed by atoms with van der Waals surface area (Å²) in [4.78, 5) is 0. The van der Waals surface area contributed by atoms with Crippen molar-refractivity contribution < 1.29 is 17.9 Å². The molecule has 2 rings (SSSR count). The van der Waals surface area contributed by atoms with E-state index in [1.807, 2.05) is 30.3 Å². The summed E-state index contributed by atoms with van der Waals surface area (Å²) < 4.78 is 41.5. The van der Waals surface area contributed by atoms with Gasteiger partial charge in [-0.2, -0.15) is 13.2 Å². The summed E-state index contributed by atoms with van der Waals surface area (Å²) in [5, 5.41) is 0. The lowest BCUT2D eigenvalue weighted by Gasteiger charge is -2.04. The predicted molar refractivity (Wildman–Crippen MR) is 68.8 cm³/mol. The molecule has 0 radical (unpaired) electrons. The van der Waals surface area contributed by atoms with Crippen LogP contribution in [0, 0.1) is 0 Å². The molecule has 0 amide bonds. The summed E-state index contributed by atoms with van der Waals surface area (Å²) in [5.74, 6) is 0. The Bertz CT molecular complexity index is 561. The number of halogens is 3. The van der Waals surface area contributed by atoms with Gasteiger partial charge in [-0.25, -0.2) is 0 Å². The first-order valence-electron chi connectivity index (χ1n) is 5.70. The molecule has 0 aliphatic heterocycles. The van der Waals surface area contributed by atoms with Crippen molar-refractivity contribution in [1.29, 1.82) is 0 Å². The molecule has 0 saturated heterocycles. The van der Waals surface area contributed by atoms with Crippen LogP contribution >= 0.6 is 11.9 Å². The molecule has 1 heterocycles. The first-order chi connectivity index (χ1) is 8.93. The van der Waals surface area contributed by atoms with E-state index in [0.717, 1.165) is 21.6 Å². The lowest BCUT2D eigenvalue weighted by molar-refractivity contribution is -0.743. The average molecular weight is 287 g/mol. The zero-order valence-corrected chi connectivity index (χ0v) is 11.4. The quantitative estimate of drug-likeness (QED) is 0.788. The maximum atomic E-state index is 12.9. The zero-order valence-electron chi connectivity index (χ0n) is 10.6. The Labute approximate surface area is 114 Å². The largest absolute Gasteiger partial charge is 0.438 e. The average Bonchev–Trinajstić information content (AvgIpc) is 2.67. The fourth-order valence-electron chi connectivity index (χ4n) is 1.97. The van der Waals surface area contributed by atoms with Crippen LogP contribution in [0.25, 0.3) is 0 Å². The van der Waals surface area contributed by atoms with Gasteiger partial charge in [-0.3, -0.25) is 0 Å². The number of aromatic nitrogens is 2. The molecule has 2 aromatic rings. The van der Waals surface area contributed by atoms with Crippen LogP contribution in [0.2, 0.25) is 0 Å². The molecule has 0 aliphatic carbocycles. The molecule has 0 atom stereocenters. The van der Waals surface area contributed by atoms with Gasteiger partial charge in [0.1, 0.15) is 0 Å². The third-order valence-corrected chi connectivity index (χ3v) is 3.68. The van der Waals surface area contributed by atoms with Crippen molar-refractivity contribution in [2.75, 3.05) is 6.26 Å². The van der Waals surface area contributed by atoms with Crippen LogP contribution in [0.1, 0.15) is 17.0 Å². The highest BCUT2D eigenvalue weighted by Crippen LogP contribution is 2.31. The van der Waals surface area contributed by atoms with Gasteiger partial charge in [0.2, 0.25) is 5.69 Å². The highest BCUT2D eigenvalue weighted by atomic mass is 32.2. The molecule has 19 heavy (non-hydrogen) atoms. The van der Waals surface area contributed by atoms with Gasteiger partial charge in [-0.1, -0.05) is 34.4 Å². The van der Waals surface area contributed by atoms with E-state index in [1.165, 1.54) is 6.07 Å². The van der Waals surface area contributed by atoms with Gasteiger partial charge in [0.25, 0.3) is 0 Å². The number of alkyl halides is 3. The van der Waals surface area contributed by atoms with Crippen LogP contribution in [0.15, 0.2) is 36.4 Å². The van der Waals surface area contributed by atoms with Gasteiger partial charge >= 0.3 is 6.18 Å². The third-order valence-electron chi connectivity index (χ3n) is 2.89. The molecule has 0 saturated carbocycles. The standard InChI is InChI=1S/C13H14F3N2S/c1-17-11(8-10-6-4-3-5-7-10)9-12(13(14,15)16)18(17)19-2/h3-7,9H,8H2,1-2H3/q+1. The van der Waals surface area contributed by atoms with Crippen molar-refractivity contribution in [3.05, 3.63) is 53.3 Å². The van der Waals surface area contributed by atoms with Gasteiger partial charge in [-0.15, -0.1) is 4.68 Å². The monoisotopic (exact) mass is 287 g/mol. The number of hydrogen-bond acceptors (Lipinski definition) is 1. The highest BCUT2D eigenvalue weighted by molar-refractivity contribution is 7.96. The second-order valence-electron chi connectivity index (χ2n) is 4.16. The molecule has 0 fully saturated rings. The summed E-state index contributed by atoms with van der Waals surface area (Å²) in [6.07, 6.45) is -2.23. The van der Waals surface area contributed by atoms with Crippen LogP contribution in [-0.4, -0.2) is 10.3 Å². The Balaban J connectivity index is 2.40. The van der Waals surface area contributed by atoms with Crippen molar-refractivity contribution in [3.8, 4) is 0 Å². The van der Waals surface area contributed by atoms with Crippen LogP contribution in [0.3, 0.4) is 0 Å².